The Hall–Kier alpha value is -1.88. The Morgan fingerprint density at radius 2 is 2.28 bits per heavy atom. The molecular weight excluding hydrogens is 246 g/mol. The first-order valence-corrected chi connectivity index (χ1v) is 6.52. The second kappa shape index (κ2) is 5.18. The van der Waals surface area contributed by atoms with Gasteiger partial charge in [0, 0.05) is 22.8 Å². The van der Waals surface area contributed by atoms with E-state index in [0.717, 1.165) is 16.3 Å². The number of hydrogen-bond donors (Lipinski definition) is 2. The fourth-order valence-corrected chi connectivity index (χ4v) is 2.37. The first kappa shape index (κ1) is 12.6. The summed E-state index contributed by atoms with van der Waals surface area (Å²) in [4.78, 5) is 15.3. The summed E-state index contributed by atoms with van der Waals surface area (Å²) >= 11 is 1.62. The van der Waals surface area contributed by atoms with Crippen molar-refractivity contribution in [2.45, 2.75) is 19.9 Å². The van der Waals surface area contributed by atoms with E-state index in [1.807, 2.05) is 18.4 Å². The van der Waals surface area contributed by atoms with Crippen molar-refractivity contribution in [3.05, 3.63) is 45.9 Å². The van der Waals surface area contributed by atoms with Crippen LogP contribution < -0.4 is 11.1 Å². The van der Waals surface area contributed by atoms with Gasteiger partial charge in [0.15, 0.2) is 0 Å². The lowest BCUT2D eigenvalue weighted by molar-refractivity contribution is 0.1000. The molecule has 0 bridgehead atoms. The average molecular weight is 261 g/mol. The Morgan fingerprint density at radius 1 is 1.50 bits per heavy atom. The molecule has 2 rings (SSSR count). The van der Waals surface area contributed by atoms with Crippen LogP contribution in [-0.4, -0.2) is 10.9 Å². The summed E-state index contributed by atoms with van der Waals surface area (Å²) in [5.74, 6) is -0.405. The van der Waals surface area contributed by atoms with Crippen molar-refractivity contribution in [2.75, 3.05) is 5.32 Å². The van der Waals surface area contributed by atoms with Crippen molar-refractivity contribution in [2.24, 2.45) is 5.73 Å². The average Bonchev–Trinajstić information content (AvgIpc) is 2.85. The van der Waals surface area contributed by atoms with Crippen LogP contribution in [0.4, 0.5) is 5.69 Å². The van der Waals surface area contributed by atoms with Crippen molar-refractivity contribution >= 4 is 22.9 Å². The molecule has 94 valence electrons. The summed E-state index contributed by atoms with van der Waals surface area (Å²) in [6.45, 7) is 4.00. The first-order chi connectivity index (χ1) is 8.58. The lowest BCUT2D eigenvalue weighted by atomic mass is 10.1. The van der Waals surface area contributed by atoms with Gasteiger partial charge in [-0.25, -0.2) is 4.98 Å². The Bertz CT molecular complexity index is 551. The van der Waals surface area contributed by atoms with E-state index < -0.39 is 5.91 Å². The normalized spacial score (nSPS) is 12.1. The zero-order valence-corrected chi connectivity index (χ0v) is 11.1. The van der Waals surface area contributed by atoms with Gasteiger partial charge in [-0.3, -0.25) is 4.79 Å². The molecule has 1 unspecified atom stereocenters. The summed E-state index contributed by atoms with van der Waals surface area (Å²) in [7, 11) is 0. The summed E-state index contributed by atoms with van der Waals surface area (Å²) in [6, 6.07) is 5.54. The Morgan fingerprint density at radius 3 is 2.83 bits per heavy atom. The summed E-state index contributed by atoms with van der Waals surface area (Å²) < 4.78 is 0. The van der Waals surface area contributed by atoms with E-state index in [2.05, 4.69) is 17.2 Å². The van der Waals surface area contributed by atoms with E-state index in [0.29, 0.717) is 5.56 Å². The van der Waals surface area contributed by atoms with Crippen LogP contribution in [0.3, 0.4) is 0 Å². The minimum absolute atomic E-state index is 0.142. The molecule has 0 saturated carbocycles. The van der Waals surface area contributed by atoms with Gasteiger partial charge >= 0.3 is 0 Å². The number of aromatic nitrogens is 1. The van der Waals surface area contributed by atoms with Crippen LogP contribution in [0, 0.1) is 6.92 Å². The second-order valence-electron chi connectivity index (χ2n) is 4.13. The number of rotatable bonds is 4. The maximum Gasteiger partial charge on any atom is 0.248 e. The molecule has 0 aliphatic carbocycles. The van der Waals surface area contributed by atoms with Crippen molar-refractivity contribution in [1.29, 1.82) is 0 Å². The second-order valence-corrected chi connectivity index (χ2v) is 5.06. The number of thiazole rings is 1. The van der Waals surface area contributed by atoms with Gasteiger partial charge in [0.1, 0.15) is 5.01 Å². The van der Waals surface area contributed by atoms with Crippen molar-refractivity contribution in [3.8, 4) is 0 Å². The van der Waals surface area contributed by atoms with Gasteiger partial charge in [0.2, 0.25) is 5.91 Å². The van der Waals surface area contributed by atoms with Crippen molar-refractivity contribution < 1.29 is 4.79 Å². The highest BCUT2D eigenvalue weighted by Gasteiger charge is 2.10. The molecule has 0 fully saturated rings. The number of primary amides is 1. The van der Waals surface area contributed by atoms with Crippen LogP contribution in [-0.2, 0) is 0 Å². The number of nitrogens with two attached hydrogens (primary N) is 1. The van der Waals surface area contributed by atoms with Crippen LogP contribution >= 0.6 is 11.3 Å². The lowest BCUT2D eigenvalue weighted by Gasteiger charge is -2.15. The summed E-state index contributed by atoms with van der Waals surface area (Å²) in [6.07, 6.45) is 1.79. The number of amides is 1. The quantitative estimate of drug-likeness (QED) is 0.889. The van der Waals surface area contributed by atoms with Gasteiger partial charge in [-0.05, 0) is 37.6 Å². The van der Waals surface area contributed by atoms with Gasteiger partial charge in [0.25, 0.3) is 0 Å². The zero-order valence-electron chi connectivity index (χ0n) is 10.3. The van der Waals surface area contributed by atoms with E-state index in [1.165, 1.54) is 0 Å². The third-order valence-corrected chi connectivity index (χ3v) is 3.66. The van der Waals surface area contributed by atoms with Gasteiger partial charge in [0.05, 0.1) is 6.04 Å². The van der Waals surface area contributed by atoms with Crippen LogP contribution in [0.5, 0.6) is 0 Å². The molecule has 1 heterocycles. The lowest BCUT2D eigenvalue weighted by Crippen LogP contribution is -2.12. The van der Waals surface area contributed by atoms with Crippen LogP contribution in [0.2, 0.25) is 0 Å². The molecule has 5 heteroatoms. The predicted molar refractivity (Wildman–Crippen MR) is 73.8 cm³/mol. The van der Waals surface area contributed by atoms with Crippen LogP contribution in [0.25, 0.3) is 0 Å². The number of aryl methyl sites for hydroxylation is 1. The molecular formula is C13H15N3OS. The third kappa shape index (κ3) is 2.68. The first-order valence-electron chi connectivity index (χ1n) is 5.64. The molecule has 18 heavy (non-hydrogen) atoms. The topological polar surface area (TPSA) is 68.0 Å². The molecule has 1 amide bonds. The van der Waals surface area contributed by atoms with E-state index in [4.69, 9.17) is 5.73 Å². The largest absolute Gasteiger partial charge is 0.376 e. The van der Waals surface area contributed by atoms with Crippen molar-refractivity contribution in [3.63, 3.8) is 0 Å². The van der Waals surface area contributed by atoms with E-state index in [-0.39, 0.29) is 6.04 Å². The third-order valence-electron chi connectivity index (χ3n) is 2.70. The highest BCUT2D eigenvalue weighted by molar-refractivity contribution is 7.09. The smallest absolute Gasteiger partial charge is 0.248 e. The molecule has 1 aromatic heterocycles. The van der Waals surface area contributed by atoms with Gasteiger partial charge in [-0.1, -0.05) is 0 Å². The fraction of sp³-hybridized carbons (Fsp3) is 0.231. The number of anilines is 1. The Labute approximate surface area is 110 Å². The van der Waals surface area contributed by atoms with Gasteiger partial charge in [-0.15, -0.1) is 11.3 Å². The molecule has 0 saturated heterocycles. The SMILES string of the molecule is Cc1cc(C(N)=O)ccc1NC(C)c1nccs1. The van der Waals surface area contributed by atoms with Crippen LogP contribution in [0.1, 0.15) is 33.9 Å². The molecule has 2 aromatic rings. The van der Waals surface area contributed by atoms with Gasteiger partial charge < -0.3 is 11.1 Å². The number of benzene rings is 1. The Balaban J connectivity index is 2.17. The monoisotopic (exact) mass is 261 g/mol. The summed E-state index contributed by atoms with van der Waals surface area (Å²) in [5.41, 5.74) is 7.75. The van der Waals surface area contributed by atoms with E-state index in [9.17, 15) is 4.79 Å². The standard InChI is InChI=1S/C13H15N3OS/c1-8-7-10(12(14)17)3-4-11(8)16-9(2)13-15-5-6-18-13/h3-7,9,16H,1-2H3,(H2,14,17). The summed E-state index contributed by atoms with van der Waals surface area (Å²) in [5, 5.41) is 6.36. The number of nitrogens with zero attached hydrogens (tertiary/aromatic N) is 1. The fourth-order valence-electron chi connectivity index (χ4n) is 1.72. The van der Waals surface area contributed by atoms with E-state index >= 15 is 0 Å². The number of nitrogens with one attached hydrogen (secondary N) is 1. The molecule has 1 aromatic carbocycles. The maximum absolute atomic E-state index is 11.1. The minimum atomic E-state index is -0.405. The number of carbonyl (C=O) groups is 1. The molecule has 0 spiro atoms. The molecule has 0 radical (unpaired) electrons. The predicted octanol–water partition coefficient (Wildman–Crippen LogP) is 2.72. The molecule has 1 atom stereocenters. The number of hydrogen-bond acceptors (Lipinski definition) is 4. The highest BCUT2D eigenvalue weighted by atomic mass is 32.1. The van der Waals surface area contributed by atoms with Crippen molar-refractivity contribution in [1.82, 2.24) is 4.98 Å². The molecule has 0 aliphatic heterocycles. The van der Waals surface area contributed by atoms with Crippen LogP contribution in [0.15, 0.2) is 29.8 Å². The minimum Gasteiger partial charge on any atom is -0.376 e. The highest BCUT2D eigenvalue weighted by Crippen LogP contribution is 2.23. The molecule has 4 nitrogen and oxygen atoms in total. The zero-order chi connectivity index (χ0) is 13.1. The Kier molecular flexibility index (Phi) is 3.62. The molecule has 3 N–H and O–H groups in total. The van der Waals surface area contributed by atoms with Gasteiger partial charge in [-0.2, -0.15) is 0 Å². The molecule has 0 aliphatic rings. The van der Waals surface area contributed by atoms with E-state index in [1.54, 1.807) is 29.7 Å². The maximum atomic E-state index is 11.1. The number of carbonyl (C=O) groups excluding carboxylic acids is 1.